The molecule has 0 aliphatic carbocycles. The van der Waals surface area contributed by atoms with Crippen LogP contribution in [0.25, 0.3) is 0 Å². The van der Waals surface area contributed by atoms with E-state index in [1.807, 2.05) is 0 Å². The molecule has 3 N–H and O–H groups in total. The number of ether oxygens (including phenoxy) is 4. The first-order valence-electron chi connectivity index (χ1n) is 8.22. The fraction of sp³-hybridized carbons (Fsp3) is 0.316. The van der Waals surface area contributed by atoms with Crippen LogP contribution < -0.4 is 29.6 Å². The Morgan fingerprint density at radius 3 is 2.00 bits per heavy atom. The number of β-lactam (4-membered cyclic amide) rings is 1. The fourth-order valence-corrected chi connectivity index (χ4v) is 3.25. The number of rotatable bonds is 6. The average molecular weight is 374 g/mol. The lowest BCUT2D eigenvalue weighted by atomic mass is 9.88. The van der Waals surface area contributed by atoms with Crippen molar-refractivity contribution in [3.63, 3.8) is 0 Å². The fourth-order valence-electron chi connectivity index (χ4n) is 3.25. The molecule has 2 aromatic carbocycles. The number of benzene rings is 2. The molecule has 0 bridgehead atoms. The first-order valence-corrected chi connectivity index (χ1v) is 8.22. The highest BCUT2D eigenvalue weighted by molar-refractivity contribution is 6.06. The highest BCUT2D eigenvalue weighted by Crippen LogP contribution is 2.46. The number of anilines is 1. The normalized spacial score (nSPS) is 18.7. The third-order valence-corrected chi connectivity index (χ3v) is 4.61. The minimum absolute atomic E-state index is 0.0219. The summed E-state index contributed by atoms with van der Waals surface area (Å²) >= 11 is 0. The Hall–Kier alpha value is -3.13. The van der Waals surface area contributed by atoms with Crippen LogP contribution in [0.2, 0.25) is 0 Å². The maximum atomic E-state index is 12.5. The summed E-state index contributed by atoms with van der Waals surface area (Å²) < 4.78 is 21.1. The van der Waals surface area contributed by atoms with Crippen LogP contribution in [0.5, 0.6) is 28.7 Å². The number of phenolic OH excluding ortho intramolecular Hbond substituents is 1. The SMILES string of the molecule is COc1ccc([C@@H]2[C@@H](N)C(=O)N2c2cc(OC)c(OC)c(OC)c2)cc1O. The zero-order valence-electron chi connectivity index (χ0n) is 15.6. The number of carbonyl (C=O) groups excluding carboxylic acids is 1. The molecule has 2 aromatic rings. The molecule has 144 valence electrons. The summed E-state index contributed by atoms with van der Waals surface area (Å²) in [5, 5.41) is 10.1. The van der Waals surface area contributed by atoms with E-state index in [1.54, 1.807) is 30.3 Å². The van der Waals surface area contributed by atoms with Crippen LogP contribution in [0.3, 0.4) is 0 Å². The van der Waals surface area contributed by atoms with E-state index in [0.29, 0.717) is 34.2 Å². The van der Waals surface area contributed by atoms with Gasteiger partial charge in [-0.1, -0.05) is 6.07 Å². The van der Waals surface area contributed by atoms with Crippen molar-refractivity contribution in [2.45, 2.75) is 12.1 Å². The molecule has 27 heavy (non-hydrogen) atoms. The lowest BCUT2D eigenvalue weighted by Crippen LogP contribution is -2.63. The second kappa shape index (κ2) is 7.24. The van der Waals surface area contributed by atoms with Gasteiger partial charge in [0, 0.05) is 12.1 Å². The van der Waals surface area contributed by atoms with Crippen molar-refractivity contribution in [1.29, 1.82) is 0 Å². The van der Waals surface area contributed by atoms with Crippen molar-refractivity contribution in [2.75, 3.05) is 33.3 Å². The number of nitrogens with zero attached hydrogens (tertiary/aromatic N) is 1. The summed E-state index contributed by atoms with van der Waals surface area (Å²) in [7, 11) is 5.98. The van der Waals surface area contributed by atoms with Crippen molar-refractivity contribution in [3.8, 4) is 28.7 Å². The summed E-state index contributed by atoms with van der Waals surface area (Å²) in [6, 6.07) is 7.13. The summed E-state index contributed by atoms with van der Waals surface area (Å²) in [5.74, 6) is 1.36. The number of phenols is 1. The van der Waals surface area contributed by atoms with Gasteiger partial charge in [-0.15, -0.1) is 0 Å². The number of hydrogen-bond acceptors (Lipinski definition) is 7. The van der Waals surface area contributed by atoms with Crippen LogP contribution in [0, 0.1) is 0 Å². The molecular formula is C19H22N2O6. The van der Waals surface area contributed by atoms with Crippen molar-refractivity contribution in [3.05, 3.63) is 35.9 Å². The molecule has 0 spiro atoms. The number of methoxy groups -OCH3 is 4. The van der Waals surface area contributed by atoms with Crippen LogP contribution in [0.1, 0.15) is 11.6 Å². The largest absolute Gasteiger partial charge is 0.504 e. The van der Waals surface area contributed by atoms with Crippen molar-refractivity contribution < 1.29 is 28.8 Å². The first kappa shape index (κ1) is 18.7. The third-order valence-electron chi connectivity index (χ3n) is 4.61. The molecule has 0 saturated carbocycles. The molecule has 1 aliphatic heterocycles. The summed E-state index contributed by atoms with van der Waals surface area (Å²) in [5.41, 5.74) is 7.29. The van der Waals surface area contributed by atoms with E-state index in [4.69, 9.17) is 24.7 Å². The van der Waals surface area contributed by atoms with E-state index in [0.717, 1.165) is 0 Å². The van der Waals surface area contributed by atoms with E-state index >= 15 is 0 Å². The standard InChI is InChI=1S/C19H22N2O6/c1-24-13-6-5-10(7-12(13)22)17-16(20)19(23)21(17)11-8-14(25-2)18(27-4)15(9-11)26-3/h5-9,16-17,22H,20H2,1-4H3/t16-,17-/m1/s1. The molecule has 1 aliphatic rings. The lowest BCUT2D eigenvalue weighted by Gasteiger charge is -2.45. The summed E-state index contributed by atoms with van der Waals surface area (Å²) in [4.78, 5) is 14.0. The molecule has 8 heteroatoms. The van der Waals surface area contributed by atoms with Crippen molar-refractivity contribution >= 4 is 11.6 Å². The maximum absolute atomic E-state index is 12.5. The Balaban J connectivity index is 2.05. The van der Waals surface area contributed by atoms with Crippen molar-refractivity contribution in [1.82, 2.24) is 0 Å². The molecule has 1 saturated heterocycles. The van der Waals surface area contributed by atoms with E-state index in [2.05, 4.69) is 0 Å². The molecule has 1 amide bonds. The van der Waals surface area contributed by atoms with Crippen molar-refractivity contribution in [2.24, 2.45) is 5.73 Å². The summed E-state index contributed by atoms with van der Waals surface area (Å²) in [6.45, 7) is 0. The van der Waals surface area contributed by atoms with Gasteiger partial charge >= 0.3 is 0 Å². The van der Waals surface area contributed by atoms with Crippen LogP contribution in [-0.4, -0.2) is 45.5 Å². The highest BCUT2D eigenvalue weighted by Gasteiger charge is 2.47. The average Bonchev–Trinajstić information content (AvgIpc) is 2.69. The Labute approximate surface area is 157 Å². The quantitative estimate of drug-likeness (QED) is 0.744. The number of amides is 1. The Morgan fingerprint density at radius 2 is 1.52 bits per heavy atom. The van der Waals surface area contributed by atoms with Gasteiger partial charge in [-0.25, -0.2) is 0 Å². The van der Waals surface area contributed by atoms with E-state index in [1.165, 1.54) is 33.3 Å². The molecule has 0 unspecified atom stereocenters. The summed E-state index contributed by atoms with van der Waals surface area (Å²) in [6.07, 6.45) is 0. The minimum Gasteiger partial charge on any atom is -0.504 e. The molecule has 1 heterocycles. The van der Waals surface area contributed by atoms with E-state index < -0.39 is 12.1 Å². The van der Waals surface area contributed by atoms with E-state index in [-0.39, 0.29) is 11.7 Å². The van der Waals surface area contributed by atoms with E-state index in [9.17, 15) is 9.90 Å². The number of carbonyl (C=O) groups is 1. The van der Waals surface area contributed by atoms with Gasteiger partial charge in [-0.05, 0) is 17.7 Å². The van der Waals surface area contributed by atoms with Gasteiger partial charge in [0.05, 0.1) is 40.2 Å². The Kier molecular flexibility index (Phi) is 5.00. The van der Waals surface area contributed by atoms with Gasteiger partial charge in [0.15, 0.2) is 23.0 Å². The molecule has 1 fully saturated rings. The zero-order chi connectivity index (χ0) is 19.7. The third kappa shape index (κ3) is 2.97. The van der Waals surface area contributed by atoms with Crippen LogP contribution in [0.4, 0.5) is 5.69 Å². The molecule has 0 radical (unpaired) electrons. The van der Waals surface area contributed by atoms with Gasteiger partial charge in [-0.3, -0.25) is 4.79 Å². The lowest BCUT2D eigenvalue weighted by molar-refractivity contribution is -0.126. The minimum atomic E-state index is -0.725. The predicted molar refractivity (Wildman–Crippen MR) is 99.0 cm³/mol. The second-order valence-electron chi connectivity index (χ2n) is 5.99. The van der Waals surface area contributed by atoms with Crippen LogP contribution in [-0.2, 0) is 4.79 Å². The monoisotopic (exact) mass is 374 g/mol. The van der Waals surface area contributed by atoms with Gasteiger partial charge < -0.3 is 34.7 Å². The Morgan fingerprint density at radius 1 is 0.926 bits per heavy atom. The van der Waals surface area contributed by atoms with Gasteiger partial charge in [-0.2, -0.15) is 0 Å². The molecular weight excluding hydrogens is 352 g/mol. The maximum Gasteiger partial charge on any atom is 0.247 e. The Bertz CT molecular complexity index is 844. The molecule has 3 rings (SSSR count). The van der Waals surface area contributed by atoms with Gasteiger partial charge in [0.25, 0.3) is 0 Å². The number of nitrogens with two attached hydrogens (primary N) is 1. The molecule has 2 atom stereocenters. The second-order valence-corrected chi connectivity index (χ2v) is 5.99. The smallest absolute Gasteiger partial charge is 0.247 e. The van der Waals surface area contributed by atoms with Crippen LogP contribution in [0.15, 0.2) is 30.3 Å². The van der Waals surface area contributed by atoms with Gasteiger partial charge in [0.2, 0.25) is 11.7 Å². The highest BCUT2D eigenvalue weighted by atomic mass is 16.5. The zero-order valence-corrected chi connectivity index (χ0v) is 15.6. The molecule has 8 nitrogen and oxygen atoms in total. The number of hydrogen-bond donors (Lipinski definition) is 2. The molecule has 0 aromatic heterocycles. The van der Waals surface area contributed by atoms with Gasteiger partial charge in [0.1, 0.15) is 6.04 Å². The predicted octanol–water partition coefficient (Wildman–Crippen LogP) is 1.84. The first-order chi connectivity index (χ1) is 13.0. The van der Waals surface area contributed by atoms with Crippen LogP contribution >= 0.6 is 0 Å². The topological polar surface area (TPSA) is 103 Å². The number of aromatic hydroxyl groups is 1.